The van der Waals surface area contributed by atoms with Gasteiger partial charge in [0.25, 0.3) is 0 Å². The second-order valence-corrected chi connectivity index (χ2v) is 5.61. The van der Waals surface area contributed by atoms with Gasteiger partial charge in [0.05, 0.1) is 0 Å². The zero-order valence-corrected chi connectivity index (χ0v) is 13.0. The summed E-state index contributed by atoms with van der Waals surface area (Å²) in [6, 6.07) is 5.49. The Labute approximate surface area is 119 Å². The summed E-state index contributed by atoms with van der Waals surface area (Å²) in [6.45, 7) is 7.64. The lowest BCUT2D eigenvalue weighted by Crippen LogP contribution is -2.25. The number of hydrogen-bond acceptors (Lipinski definition) is 2. The summed E-state index contributed by atoms with van der Waals surface area (Å²) in [4.78, 5) is 2.48. The van der Waals surface area contributed by atoms with Gasteiger partial charge in [-0.1, -0.05) is 42.6 Å². The van der Waals surface area contributed by atoms with Crippen LogP contribution < -0.4 is 0 Å². The summed E-state index contributed by atoms with van der Waals surface area (Å²) >= 11 is 3.56. The number of phenolic OH excluding ortho intramolecular Hbond substituents is 1. The Morgan fingerprint density at radius 3 is 2.28 bits per heavy atom. The van der Waals surface area contributed by atoms with Crippen molar-refractivity contribution in [2.24, 2.45) is 0 Å². The molecule has 1 aromatic rings. The standard InChI is InChI=1S/C15H24BrNO/c1-3-5-9-17(10-6-4-2)12-13-11-14(18)7-8-15(13)16/h7-8,11,18H,3-6,9-10,12H2,1-2H3. The minimum absolute atomic E-state index is 0.346. The second-order valence-electron chi connectivity index (χ2n) is 4.76. The van der Waals surface area contributed by atoms with Gasteiger partial charge in [-0.25, -0.2) is 0 Å². The first-order valence-electron chi connectivity index (χ1n) is 6.87. The van der Waals surface area contributed by atoms with Crippen molar-refractivity contribution in [3.05, 3.63) is 28.2 Å². The van der Waals surface area contributed by atoms with Crippen molar-refractivity contribution in [3.63, 3.8) is 0 Å². The maximum absolute atomic E-state index is 9.56. The van der Waals surface area contributed by atoms with E-state index < -0.39 is 0 Å². The molecule has 18 heavy (non-hydrogen) atoms. The first kappa shape index (κ1) is 15.5. The molecule has 0 saturated heterocycles. The van der Waals surface area contributed by atoms with Gasteiger partial charge in [0.2, 0.25) is 0 Å². The third kappa shape index (κ3) is 5.40. The van der Waals surface area contributed by atoms with Crippen molar-refractivity contribution in [2.75, 3.05) is 13.1 Å². The Hall–Kier alpha value is -0.540. The van der Waals surface area contributed by atoms with Gasteiger partial charge < -0.3 is 5.11 Å². The Morgan fingerprint density at radius 1 is 1.11 bits per heavy atom. The molecule has 0 aromatic heterocycles. The molecule has 0 aliphatic rings. The number of rotatable bonds is 8. The van der Waals surface area contributed by atoms with Crippen molar-refractivity contribution in [1.82, 2.24) is 4.90 Å². The highest BCUT2D eigenvalue weighted by atomic mass is 79.9. The molecule has 0 saturated carbocycles. The van der Waals surface area contributed by atoms with Crippen LogP contribution in [0.15, 0.2) is 22.7 Å². The van der Waals surface area contributed by atoms with E-state index in [1.807, 2.05) is 12.1 Å². The van der Waals surface area contributed by atoms with Gasteiger partial charge >= 0.3 is 0 Å². The first-order chi connectivity index (χ1) is 8.67. The number of hydrogen-bond donors (Lipinski definition) is 1. The van der Waals surface area contributed by atoms with E-state index in [9.17, 15) is 5.11 Å². The van der Waals surface area contributed by atoms with Gasteiger partial charge in [-0.05, 0) is 49.7 Å². The van der Waals surface area contributed by atoms with E-state index in [0.29, 0.717) is 5.75 Å². The van der Waals surface area contributed by atoms with Crippen LogP contribution in [-0.4, -0.2) is 23.1 Å². The number of phenols is 1. The molecule has 0 bridgehead atoms. The number of nitrogens with zero attached hydrogens (tertiary/aromatic N) is 1. The maximum atomic E-state index is 9.56. The fraction of sp³-hybridized carbons (Fsp3) is 0.600. The summed E-state index contributed by atoms with van der Waals surface area (Å²) < 4.78 is 1.08. The summed E-state index contributed by atoms with van der Waals surface area (Å²) in [5.74, 6) is 0.346. The molecule has 0 heterocycles. The third-order valence-electron chi connectivity index (χ3n) is 3.08. The topological polar surface area (TPSA) is 23.5 Å². The van der Waals surface area contributed by atoms with Crippen molar-refractivity contribution < 1.29 is 5.11 Å². The minimum atomic E-state index is 0.346. The number of benzene rings is 1. The predicted octanol–water partition coefficient (Wildman–Crippen LogP) is 4.56. The largest absolute Gasteiger partial charge is 0.508 e. The normalized spacial score (nSPS) is 11.1. The van der Waals surface area contributed by atoms with Gasteiger partial charge in [-0.2, -0.15) is 0 Å². The lowest BCUT2D eigenvalue weighted by Gasteiger charge is -2.22. The SMILES string of the molecule is CCCCN(CCCC)Cc1cc(O)ccc1Br. The van der Waals surface area contributed by atoms with Crippen LogP contribution in [0.2, 0.25) is 0 Å². The molecular weight excluding hydrogens is 290 g/mol. The molecule has 3 heteroatoms. The predicted molar refractivity (Wildman–Crippen MR) is 80.9 cm³/mol. The van der Waals surface area contributed by atoms with Crippen LogP contribution in [-0.2, 0) is 6.54 Å². The molecule has 1 rings (SSSR count). The zero-order chi connectivity index (χ0) is 13.4. The van der Waals surface area contributed by atoms with Gasteiger partial charge in [0, 0.05) is 11.0 Å². The van der Waals surface area contributed by atoms with Crippen LogP contribution in [0.25, 0.3) is 0 Å². The smallest absolute Gasteiger partial charge is 0.115 e. The lowest BCUT2D eigenvalue weighted by atomic mass is 10.2. The zero-order valence-electron chi connectivity index (χ0n) is 11.5. The fourth-order valence-electron chi connectivity index (χ4n) is 1.96. The van der Waals surface area contributed by atoms with E-state index >= 15 is 0 Å². The summed E-state index contributed by atoms with van der Waals surface area (Å²) in [7, 11) is 0. The molecule has 0 unspecified atom stereocenters. The average molecular weight is 314 g/mol. The number of unbranched alkanes of at least 4 members (excludes halogenated alkanes) is 2. The van der Waals surface area contributed by atoms with Crippen LogP contribution in [0, 0.1) is 0 Å². The van der Waals surface area contributed by atoms with Gasteiger partial charge in [-0.15, -0.1) is 0 Å². The summed E-state index contributed by atoms with van der Waals surface area (Å²) in [6.07, 6.45) is 4.92. The van der Waals surface area contributed by atoms with Crippen molar-refractivity contribution in [3.8, 4) is 5.75 Å². The molecule has 2 nitrogen and oxygen atoms in total. The molecule has 0 fully saturated rings. The molecule has 0 amide bonds. The molecule has 1 aromatic carbocycles. The molecule has 1 N–H and O–H groups in total. The summed E-state index contributed by atoms with van der Waals surface area (Å²) in [5.41, 5.74) is 1.17. The average Bonchev–Trinajstić information content (AvgIpc) is 2.37. The van der Waals surface area contributed by atoms with E-state index in [2.05, 4.69) is 34.7 Å². The fourth-order valence-corrected chi connectivity index (χ4v) is 2.33. The highest BCUT2D eigenvalue weighted by Crippen LogP contribution is 2.23. The van der Waals surface area contributed by atoms with Crippen LogP contribution in [0.1, 0.15) is 45.1 Å². The van der Waals surface area contributed by atoms with E-state index in [1.165, 1.54) is 31.2 Å². The van der Waals surface area contributed by atoms with Crippen molar-refractivity contribution >= 4 is 15.9 Å². The Morgan fingerprint density at radius 2 is 1.72 bits per heavy atom. The molecule has 102 valence electrons. The van der Waals surface area contributed by atoms with E-state index in [0.717, 1.165) is 24.1 Å². The van der Waals surface area contributed by atoms with Gasteiger partial charge in [0.15, 0.2) is 0 Å². The second kappa shape index (κ2) is 8.54. The number of aromatic hydroxyl groups is 1. The van der Waals surface area contributed by atoms with Gasteiger partial charge in [-0.3, -0.25) is 4.90 Å². The molecule has 0 aliphatic heterocycles. The van der Waals surface area contributed by atoms with Crippen LogP contribution in [0.3, 0.4) is 0 Å². The monoisotopic (exact) mass is 313 g/mol. The molecule has 0 spiro atoms. The molecule has 0 aliphatic carbocycles. The van der Waals surface area contributed by atoms with Gasteiger partial charge in [0.1, 0.15) is 5.75 Å². The first-order valence-corrected chi connectivity index (χ1v) is 7.66. The van der Waals surface area contributed by atoms with Crippen LogP contribution >= 0.6 is 15.9 Å². The lowest BCUT2D eigenvalue weighted by molar-refractivity contribution is 0.256. The Bertz CT molecular complexity index is 346. The quantitative estimate of drug-likeness (QED) is 0.760. The third-order valence-corrected chi connectivity index (χ3v) is 3.85. The van der Waals surface area contributed by atoms with Crippen molar-refractivity contribution in [2.45, 2.75) is 46.1 Å². The highest BCUT2D eigenvalue weighted by Gasteiger charge is 2.08. The van der Waals surface area contributed by atoms with E-state index in [-0.39, 0.29) is 0 Å². The highest BCUT2D eigenvalue weighted by molar-refractivity contribution is 9.10. The summed E-state index contributed by atoms with van der Waals surface area (Å²) in [5, 5.41) is 9.56. The maximum Gasteiger partial charge on any atom is 0.115 e. The van der Waals surface area contributed by atoms with E-state index in [4.69, 9.17) is 0 Å². The van der Waals surface area contributed by atoms with Crippen molar-refractivity contribution in [1.29, 1.82) is 0 Å². The van der Waals surface area contributed by atoms with E-state index in [1.54, 1.807) is 6.07 Å². The Kier molecular flexibility index (Phi) is 7.36. The van der Waals surface area contributed by atoms with Crippen LogP contribution in [0.4, 0.5) is 0 Å². The van der Waals surface area contributed by atoms with Crippen LogP contribution in [0.5, 0.6) is 5.75 Å². The number of halogens is 1. The molecular formula is C15H24BrNO. The molecule has 0 atom stereocenters. The Balaban J connectivity index is 2.65. The molecule has 0 radical (unpaired) electrons. The minimum Gasteiger partial charge on any atom is -0.508 e.